The molecule has 1 fully saturated rings. The molecule has 0 radical (unpaired) electrons. The quantitative estimate of drug-likeness (QED) is 0.622. The fourth-order valence-corrected chi connectivity index (χ4v) is 3.97. The number of para-hydroxylation sites is 1. The van der Waals surface area contributed by atoms with Crippen LogP contribution in [-0.2, 0) is 6.61 Å². The van der Waals surface area contributed by atoms with E-state index in [1.165, 1.54) is 5.56 Å². The number of carbonyl (C=O) groups is 1. The molecule has 1 saturated heterocycles. The Bertz CT molecular complexity index is 961. The minimum atomic E-state index is -0.0762. The van der Waals surface area contributed by atoms with E-state index in [1.807, 2.05) is 43.0 Å². The van der Waals surface area contributed by atoms with Crippen molar-refractivity contribution in [1.29, 1.82) is 0 Å². The van der Waals surface area contributed by atoms with Crippen molar-refractivity contribution in [3.8, 4) is 5.75 Å². The highest BCUT2D eigenvalue weighted by molar-refractivity contribution is 5.92. The maximum Gasteiger partial charge on any atom is 0.276 e. The van der Waals surface area contributed by atoms with Crippen molar-refractivity contribution in [2.45, 2.75) is 39.2 Å². The van der Waals surface area contributed by atoms with Gasteiger partial charge in [-0.15, -0.1) is 0 Å². The first-order valence-electron chi connectivity index (χ1n) is 10.1. The summed E-state index contributed by atoms with van der Waals surface area (Å²) < 4.78 is 11.3. The van der Waals surface area contributed by atoms with Crippen molar-refractivity contribution in [2.24, 2.45) is 0 Å². The van der Waals surface area contributed by atoms with Crippen LogP contribution in [0.2, 0.25) is 0 Å². The molecule has 1 aliphatic rings. The molecule has 150 valence electrons. The first-order chi connectivity index (χ1) is 14.1. The van der Waals surface area contributed by atoms with Crippen LogP contribution < -0.4 is 4.74 Å². The minimum absolute atomic E-state index is 0.0762. The number of piperidine rings is 1. The molecular weight excluding hydrogens is 364 g/mol. The Labute approximate surface area is 171 Å². The molecule has 0 aliphatic carbocycles. The van der Waals surface area contributed by atoms with Gasteiger partial charge in [-0.25, -0.2) is 0 Å². The number of ether oxygens (including phenoxy) is 1. The van der Waals surface area contributed by atoms with E-state index in [2.05, 4.69) is 29.4 Å². The number of nitrogens with zero attached hydrogens (tertiary/aromatic N) is 2. The Morgan fingerprint density at radius 1 is 1.14 bits per heavy atom. The lowest BCUT2D eigenvalue weighted by Gasteiger charge is -2.32. The molecule has 0 saturated carbocycles. The van der Waals surface area contributed by atoms with Gasteiger partial charge in [-0.3, -0.25) is 4.79 Å². The van der Waals surface area contributed by atoms with Crippen LogP contribution in [0.3, 0.4) is 0 Å². The van der Waals surface area contributed by atoms with Crippen LogP contribution in [0.5, 0.6) is 5.75 Å². The van der Waals surface area contributed by atoms with Gasteiger partial charge in [-0.05, 0) is 43.4 Å². The highest BCUT2D eigenvalue weighted by atomic mass is 16.5. The molecule has 1 atom stereocenters. The van der Waals surface area contributed by atoms with Crippen LogP contribution in [0, 0.1) is 13.8 Å². The van der Waals surface area contributed by atoms with Gasteiger partial charge in [0.1, 0.15) is 12.4 Å². The normalized spacial score (nSPS) is 16.6. The van der Waals surface area contributed by atoms with Crippen LogP contribution in [0.4, 0.5) is 0 Å². The van der Waals surface area contributed by atoms with E-state index in [0.29, 0.717) is 23.9 Å². The van der Waals surface area contributed by atoms with Gasteiger partial charge in [0, 0.05) is 25.1 Å². The molecule has 0 unspecified atom stereocenters. The van der Waals surface area contributed by atoms with E-state index in [9.17, 15) is 4.79 Å². The Morgan fingerprint density at radius 3 is 2.66 bits per heavy atom. The summed E-state index contributed by atoms with van der Waals surface area (Å²) >= 11 is 0. The summed E-state index contributed by atoms with van der Waals surface area (Å²) in [6.45, 7) is 5.74. The van der Waals surface area contributed by atoms with Crippen LogP contribution in [0.25, 0.3) is 0 Å². The molecule has 3 aromatic rings. The van der Waals surface area contributed by atoms with Crippen LogP contribution in [0.1, 0.15) is 51.7 Å². The monoisotopic (exact) mass is 390 g/mol. The van der Waals surface area contributed by atoms with Gasteiger partial charge in [0.05, 0.1) is 0 Å². The number of rotatable bonds is 5. The molecule has 5 nitrogen and oxygen atoms in total. The second kappa shape index (κ2) is 8.52. The predicted molar refractivity (Wildman–Crippen MR) is 111 cm³/mol. The predicted octanol–water partition coefficient (Wildman–Crippen LogP) is 4.89. The van der Waals surface area contributed by atoms with E-state index in [4.69, 9.17) is 9.26 Å². The molecule has 5 heteroatoms. The molecule has 0 spiro atoms. The molecule has 1 amide bonds. The standard InChI is InChI=1S/C24H26N2O3/c1-17-8-6-9-18(2)23(17)28-16-21-14-22(25-29-21)24(27)26-13-7-12-20(15-26)19-10-4-3-5-11-19/h3-6,8-11,14,20H,7,12-13,15-16H2,1-2H3/t20-/m1/s1. The fourth-order valence-electron chi connectivity index (χ4n) is 3.97. The largest absolute Gasteiger partial charge is 0.485 e. The van der Waals surface area contributed by atoms with Crippen LogP contribution >= 0.6 is 0 Å². The summed E-state index contributed by atoms with van der Waals surface area (Å²) in [5.74, 6) is 1.69. The highest BCUT2D eigenvalue weighted by Gasteiger charge is 2.27. The lowest BCUT2D eigenvalue weighted by molar-refractivity contribution is 0.0696. The molecule has 1 aromatic heterocycles. The zero-order valence-corrected chi connectivity index (χ0v) is 16.9. The Kier molecular flexibility index (Phi) is 5.65. The first kappa shape index (κ1) is 19.2. The van der Waals surface area contributed by atoms with Crippen molar-refractivity contribution in [3.63, 3.8) is 0 Å². The summed E-state index contributed by atoms with van der Waals surface area (Å²) in [7, 11) is 0. The first-order valence-corrected chi connectivity index (χ1v) is 10.1. The maximum absolute atomic E-state index is 12.9. The zero-order valence-electron chi connectivity index (χ0n) is 16.9. The van der Waals surface area contributed by atoms with Gasteiger partial charge in [0.25, 0.3) is 5.91 Å². The van der Waals surface area contributed by atoms with Gasteiger partial charge >= 0.3 is 0 Å². The number of hydrogen-bond acceptors (Lipinski definition) is 4. The van der Waals surface area contributed by atoms with E-state index in [0.717, 1.165) is 36.3 Å². The van der Waals surface area contributed by atoms with Gasteiger partial charge in [0.2, 0.25) is 0 Å². The zero-order chi connectivity index (χ0) is 20.2. The summed E-state index contributed by atoms with van der Waals surface area (Å²) in [5, 5.41) is 4.00. The molecule has 2 heterocycles. The summed E-state index contributed by atoms with van der Waals surface area (Å²) in [4.78, 5) is 14.8. The number of carbonyl (C=O) groups excluding carboxylic acids is 1. The molecule has 0 N–H and O–H groups in total. The van der Waals surface area contributed by atoms with Gasteiger partial charge in [-0.1, -0.05) is 53.7 Å². The number of benzene rings is 2. The van der Waals surface area contributed by atoms with E-state index in [-0.39, 0.29) is 12.5 Å². The maximum atomic E-state index is 12.9. The number of amides is 1. The Hall–Kier alpha value is -3.08. The average Bonchev–Trinajstić information content (AvgIpc) is 3.22. The molecule has 0 bridgehead atoms. The summed E-state index contributed by atoms with van der Waals surface area (Å²) in [6.07, 6.45) is 2.09. The van der Waals surface area contributed by atoms with Crippen molar-refractivity contribution < 1.29 is 14.1 Å². The van der Waals surface area contributed by atoms with Gasteiger partial charge in [0.15, 0.2) is 11.5 Å². The van der Waals surface area contributed by atoms with Crippen molar-refractivity contribution in [2.75, 3.05) is 13.1 Å². The number of hydrogen-bond donors (Lipinski definition) is 0. The number of aromatic nitrogens is 1. The van der Waals surface area contributed by atoms with Gasteiger partial charge in [-0.2, -0.15) is 0 Å². The lowest BCUT2D eigenvalue weighted by atomic mass is 9.90. The Balaban J connectivity index is 1.40. The molecular formula is C24H26N2O3. The van der Waals surface area contributed by atoms with Crippen molar-refractivity contribution >= 4 is 5.91 Å². The topological polar surface area (TPSA) is 55.6 Å². The van der Waals surface area contributed by atoms with Gasteiger partial charge < -0.3 is 14.2 Å². The van der Waals surface area contributed by atoms with Crippen molar-refractivity contribution in [3.05, 3.63) is 82.7 Å². The SMILES string of the molecule is Cc1cccc(C)c1OCc1cc(C(=O)N2CCC[C@@H](c3ccccc3)C2)no1. The molecule has 1 aliphatic heterocycles. The fraction of sp³-hybridized carbons (Fsp3) is 0.333. The average molecular weight is 390 g/mol. The minimum Gasteiger partial charge on any atom is -0.485 e. The third-order valence-electron chi connectivity index (χ3n) is 5.53. The second-order valence-corrected chi connectivity index (χ2v) is 7.69. The number of aryl methyl sites for hydroxylation is 2. The third kappa shape index (κ3) is 4.34. The molecule has 2 aromatic carbocycles. The molecule has 29 heavy (non-hydrogen) atoms. The summed E-state index contributed by atoms with van der Waals surface area (Å²) in [5.41, 5.74) is 3.77. The van der Waals surface area contributed by atoms with E-state index < -0.39 is 0 Å². The van der Waals surface area contributed by atoms with Crippen LogP contribution in [0.15, 0.2) is 59.1 Å². The van der Waals surface area contributed by atoms with E-state index in [1.54, 1.807) is 6.07 Å². The number of likely N-dealkylation sites (tertiary alicyclic amines) is 1. The van der Waals surface area contributed by atoms with E-state index >= 15 is 0 Å². The van der Waals surface area contributed by atoms with Crippen LogP contribution in [-0.4, -0.2) is 29.1 Å². The lowest BCUT2D eigenvalue weighted by Crippen LogP contribution is -2.39. The smallest absolute Gasteiger partial charge is 0.276 e. The second-order valence-electron chi connectivity index (χ2n) is 7.69. The Morgan fingerprint density at radius 2 is 1.90 bits per heavy atom. The van der Waals surface area contributed by atoms with Crippen molar-refractivity contribution in [1.82, 2.24) is 10.1 Å². The molecule has 4 rings (SSSR count). The highest BCUT2D eigenvalue weighted by Crippen LogP contribution is 2.28. The summed E-state index contributed by atoms with van der Waals surface area (Å²) in [6, 6.07) is 18.1. The third-order valence-corrected chi connectivity index (χ3v) is 5.53.